The number of aryl methyl sites for hydroxylation is 2. The molecule has 0 aromatic carbocycles. The maximum absolute atomic E-state index is 5.96. The van der Waals surface area contributed by atoms with Gasteiger partial charge < -0.3 is 0 Å². The molecule has 2 heterocycles. The van der Waals surface area contributed by atoms with Crippen LogP contribution in [-0.2, 0) is 6.42 Å². The second-order valence-corrected chi connectivity index (χ2v) is 6.22. The summed E-state index contributed by atoms with van der Waals surface area (Å²) in [5, 5.41) is 10.3. The molecular formula is C10H11ClN4S2. The van der Waals surface area contributed by atoms with Crippen LogP contribution in [0.4, 0.5) is 0 Å². The van der Waals surface area contributed by atoms with Crippen LogP contribution in [0.5, 0.6) is 0 Å². The van der Waals surface area contributed by atoms with Gasteiger partial charge in [0.05, 0.1) is 0 Å². The first-order chi connectivity index (χ1) is 8.17. The van der Waals surface area contributed by atoms with Crippen molar-refractivity contribution >= 4 is 34.7 Å². The summed E-state index contributed by atoms with van der Waals surface area (Å²) in [7, 11) is 0. The van der Waals surface area contributed by atoms with Gasteiger partial charge in [0.2, 0.25) is 0 Å². The van der Waals surface area contributed by atoms with E-state index in [1.54, 1.807) is 17.4 Å². The van der Waals surface area contributed by atoms with Gasteiger partial charge in [-0.25, -0.2) is 9.97 Å². The van der Waals surface area contributed by atoms with Gasteiger partial charge in [0.1, 0.15) is 21.0 Å². The molecule has 0 spiro atoms. The predicted octanol–water partition coefficient (Wildman–Crippen LogP) is 3.39. The number of rotatable bonds is 4. The summed E-state index contributed by atoms with van der Waals surface area (Å²) in [6.45, 7) is 4.02. The molecule has 17 heavy (non-hydrogen) atoms. The summed E-state index contributed by atoms with van der Waals surface area (Å²) >= 11 is 8.98. The first kappa shape index (κ1) is 12.7. The van der Waals surface area contributed by atoms with Crippen molar-refractivity contribution in [1.82, 2.24) is 20.2 Å². The third-order valence-electron chi connectivity index (χ3n) is 1.89. The number of hydrogen-bond acceptors (Lipinski definition) is 6. The van der Waals surface area contributed by atoms with Crippen molar-refractivity contribution in [2.75, 3.05) is 0 Å². The molecule has 90 valence electrons. The van der Waals surface area contributed by atoms with Crippen LogP contribution in [-0.4, -0.2) is 20.2 Å². The topological polar surface area (TPSA) is 51.6 Å². The molecule has 2 rings (SSSR count). The first-order valence-corrected chi connectivity index (χ1v) is 7.20. The first-order valence-electron chi connectivity index (χ1n) is 5.19. The van der Waals surface area contributed by atoms with Gasteiger partial charge in [-0.2, -0.15) is 0 Å². The molecule has 4 nitrogen and oxygen atoms in total. The Morgan fingerprint density at radius 1 is 1.35 bits per heavy atom. The minimum atomic E-state index is 0.479. The Morgan fingerprint density at radius 3 is 2.82 bits per heavy atom. The average Bonchev–Trinajstić information content (AvgIpc) is 2.63. The Hall–Kier alpha value is -0.720. The highest BCUT2D eigenvalue weighted by Gasteiger charge is 2.07. The van der Waals surface area contributed by atoms with Gasteiger partial charge in [-0.05, 0) is 25.1 Å². The Bertz CT molecular complexity index is 515. The Kier molecular flexibility index (Phi) is 4.31. The zero-order chi connectivity index (χ0) is 12.3. The summed E-state index contributed by atoms with van der Waals surface area (Å²) in [6.07, 6.45) is 1.84. The smallest absolute Gasteiger partial charge is 0.180 e. The Morgan fingerprint density at radius 2 is 2.18 bits per heavy atom. The minimum absolute atomic E-state index is 0.479. The molecular weight excluding hydrogens is 276 g/mol. The molecule has 0 aliphatic carbocycles. The van der Waals surface area contributed by atoms with E-state index in [2.05, 4.69) is 27.1 Å². The maximum atomic E-state index is 5.96. The number of halogens is 1. The van der Waals surface area contributed by atoms with Crippen LogP contribution in [0, 0.1) is 6.92 Å². The number of nitrogens with zero attached hydrogens (tertiary/aromatic N) is 4. The third-order valence-corrected chi connectivity index (χ3v) is 3.89. The molecule has 0 atom stereocenters. The van der Waals surface area contributed by atoms with E-state index in [1.807, 2.05) is 6.92 Å². The molecule has 0 bridgehead atoms. The van der Waals surface area contributed by atoms with E-state index >= 15 is 0 Å². The fourth-order valence-electron chi connectivity index (χ4n) is 1.24. The van der Waals surface area contributed by atoms with E-state index in [9.17, 15) is 0 Å². The summed E-state index contributed by atoms with van der Waals surface area (Å²) in [5.74, 6) is 0.781. The quantitative estimate of drug-likeness (QED) is 0.806. The summed E-state index contributed by atoms with van der Waals surface area (Å²) in [4.78, 5) is 8.61. The largest absolute Gasteiger partial charge is 0.226 e. The molecule has 0 N–H and O–H groups in total. The lowest BCUT2D eigenvalue weighted by molar-refractivity contribution is 0.809. The van der Waals surface area contributed by atoms with Crippen molar-refractivity contribution in [3.8, 4) is 0 Å². The molecule has 0 unspecified atom stereocenters. The second kappa shape index (κ2) is 5.75. The van der Waals surface area contributed by atoms with Gasteiger partial charge in [-0.3, -0.25) is 0 Å². The van der Waals surface area contributed by atoms with Gasteiger partial charge in [-0.1, -0.05) is 29.9 Å². The zero-order valence-electron chi connectivity index (χ0n) is 9.47. The van der Waals surface area contributed by atoms with Crippen molar-refractivity contribution in [2.24, 2.45) is 0 Å². The lowest BCUT2D eigenvalue weighted by atomic mass is 10.3. The summed E-state index contributed by atoms with van der Waals surface area (Å²) < 4.78 is 0.875. The molecule has 7 heteroatoms. The van der Waals surface area contributed by atoms with Crippen LogP contribution in [0.25, 0.3) is 0 Å². The van der Waals surface area contributed by atoms with Crippen LogP contribution in [0.3, 0.4) is 0 Å². The zero-order valence-corrected chi connectivity index (χ0v) is 11.9. The standard InChI is InChI=1S/C10H11ClN4S2/c1-3-4-8-12-7(11)5-9(13-8)17-10-15-14-6(2)16-10/h5H,3-4H2,1-2H3. The maximum Gasteiger partial charge on any atom is 0.180 e. The molecule has 0 aliphatic rings. The van der Waals surface area contributed by atoms with Crippen LogP contribution in [0.2, 0.25) is 5.15 Å². The van der Waals surface area contributed by atoms with Gasteiger partial charge in [0.15, 0.2) is 4.34 Å². The van der Waals surface area contributed by atoms with E-state index in [0.29, 0.717) is 5.15 Å². The average molecular weight is 287 g/mol. The lowest BCUT2D eigenvalue weighted by Gasteiger charge is -2.01. The highest BCUT2D eigenvalue weighted by atomic mass is 35.5. The van der Waals surface area contributed by atoms with Crippen molar-refractivity contribution in [3.05, 3.63) is 22.1 Å². The summed E-state index contributed by atoms with van der Waals surface area (Å²) in [6, 6.07) is 1.75. The molecule has 0 saturated carbocycles. The molecule has 0 aliphatic heterocycles. The molecule has 2 aromatic rings. The van der Waals surface area contributed by atoms with Crippen molar-refractivity contribution in [1.29, 1.82) is 0 Å². The lowest BCUT2D eigenvalue weighted by Crippen LogP contribution is -1.95. The third kappa shape index (κ3) is 3.62. The van der Waals surface area contributed by atoms with Gasteiger partial charge in [0, 0.05) is 12.5 Å². The SMILES string of the molecule is CCCc1nc(Cl)cc(Sc2nnc(C)s2)n1. The number of aromatic nitrogens is 4. The molecule has 0 fully saturated rings. The summed E-state index contributed by atoms with van der Waals surface area (Å²) in [5.41, 5.74) is 0. The van der Waals surface area contributed by atoms with E-state index in [4.69, 9.17) is 11.6 Å². The monoisotopic (exact) mass is 286 g/mol. The normalized spacial score (nSPS) is 10.8. The molecule has 0 amide bonds. The van der Waals surface area contributed by atoms with Crippen LogP contribution in [0.1, 0.15) is 24.2 Å². The fourth-order valence-corrected chi connectivity index (χ4v) is 3.29. The Labute approximate surface area is 113 Å². The molecule has 0 saturated heterocycles. The van der Waals surface area contributed by atoms with Crippen molar-refractivity contribution < 1.29 is 0 Å². The second-order valence-electron chi connectivity index (χ2n) is 3.38. The van der Waals surface area contributed by atoms with Crippen LogP contribution >= 0.6 is 34.7 Å². The highest BCUT2D eigenvalue weighted by Crippen LogP contribution is 2.29. The molecule has 0 radical (unpaired) electrons. The molecule has 2 aromatic heterocycles. The van der Waals surface area contributed by atoms with Crippen LogP contribution < -0.4 is 0 Å². The highest BCUT2D eigenvalue weighted by molar-refractivity contribution is 8.01. The minimum Gasteiger partial charge on any atom is -0.226 e. The fraction of sp³-hybridized carbons (Fsp3) is 0.400. The van der Waals surface area contributed by atoms with E-state index < -0.39 is 0 Å². The van der Waals surface area contributed by atoms with E-state index in [0.717, 1.165) is 33.0 Å². The van der Waals surface area contributed by atoms with Gasteiger partial charge in [-0.15, -0.1) is 10.2 Å². The Balaban J connectivity index is 2.20. The van der Waals surface area contributed by atoms with Crippen molar-refractivity contribution in [3.63, 3.8) is 0 Å². The predicted molar refractivity (Wildman–Crippen MR) is 69.8 cm³/mol. The van der Waals surface area contributed by atoms with Crippen LogP contribution in [0.15, 0.2) is 15.4 Å². The van der Waals surface area contributed by atoms with Gasteiger partial charge >= 0.3 is 0 Å². The van der Waals surface area contributed by atoms with E-state index in [-0.39, 0.29) is 0 Å². The number of hydrogen-bond donors (Lipinski definition) is 0. The van der Waals surface area contributed by atoms with Gasteiger partial charge in [0.25, 0.3) is 0 Å². The van der Waals surface area contributed by atoms with Crippen molar-refractivity contribution in [2.45, 2.75) is 36.1 Å². The van der Waals surface area contributed by atoms with E-state index in [1.165, 1.54) is 11.8 Å².